The van der Waals surface area contributed by atoms with Crippen LogP contribution in [0.3, 0.4) is 0 Å². The van der Waals surface area contributed by atoms with Crippen LogP contribution >= 0.6 is 12.4 Å². The number of halogens is 1. The van der Waals surface area contributed by atoms with Gasteiger partial charge in [0, 0.05) is 6.04 Å². The van der Waals surface area contributed by atoms with Crippen LogP contribution in [-0.4, -0.2) is 33.6 Å². The first-order chi connectivity index (χ1) is 12.1. The van der Waals surface area contributed by atoms with Crippen LogP contribution in [-0.2, 0) is 12.8 Å². The third-order valence-electron chi connectivity index (χ3n) is 4.48. The molecule has 0 amide bonds. The molecule has 3 rings (SSSR count). The summed E-state index contributed by atoms with van der Waals surface area (Å²) in [4.78, 5) is 0. The second-order valence-electron chi connectivity index (χ2n) is 6.16. The fourth-order valence-electron chi connectivity index (χ4n) is 3.34. The summed E-state index contributed by atoms with van der Waals surface area (Å²) in [6, 6.07) is 12.1. The van der Waals surface area contributed by atoms with Crippen molar-refractivity contribution in [3.05, 3.63) is 47.5 Å². The smallest absolute Gasteiger partial charge is 0.163 e. The number of para-hydroxylation sites is 2. The predicted molar refractivity (Wildman–Crippen MR) is 104 cm³/mol. The molecule has 1 atom stereocenters. The minimum atomic E-state index is -0.126. The van der Waals surface area contributed by atoms with Gasteiger partial charge in [0.25, 0.3) is 0 Å². The zero-order chi connectivity index (χ0) is 17.8. The van der Waals surface area contributed by atoms with Gasteiger partial charge in [-0.25, -0.2) is 0 Å². The number of ether oxygens (including phenoxy) is 4. The molecule has 26 heavy (non-hydrogen) atoms. The minimum absolute atomic E-state index is 0. The van der Waals surface area contributed by atoms with Gasteiger partial charge in [0.1, 0.15) is 6.23 Å². The molecule has 0 bridgehead atoms. The summed E-state index contributed by atoms with van der Waals surface area (Å²) in [5.41, 5.74) is 2.58. The lowest BCUT2D eigenvalue weighted by Gasteiger charge is -2.21. The SMILES string of the molecule is COc1cc2c(cc1OC)CC(NC(C)Oc1ccccc1OC)C2.Cl. The lowest BCUT2D eigenvalue weighted by atomic mass is 10.1. The quantitative estimate of drug-likeness (QED) is 0.744. The van der Waals surface area contributed by atoms with Crippen LogP contribution in [0.1, 0.15) is 18.1 Å². The maximum Gasteiger partial charge on any atom is 0.163 e. The monoisotopic (exact) mass is 379 g/mol. The third kappa shape index (κ3) is 4.34. The van der Waals surface area contributed by atoms with Gasteiger partial charge in [-0.05, 0) is 55.2 Å². The van der Waals surface area contributed by atoms with E-state index < -0.39 is 0 Å². The van der Waals surface area contributed by atoms with Crippen LogP contribution in [0, 0.1) is 0 Å². The molecule has 0 aromatic heterocycles. The lowest BCUT2D eigenvalue weighted by molar-refractivity contribution is 0.161. The van der Waals surface area contributed by atoms with Gasteiger partial charge in [0.15, 0.2) is 23.0 Å². The Labute approximate surface area is 161 Å². The fourth-order valence-corrected chi connectivity index (χ4v) is 3.34. The molecule has 0 aliphatic heterocycles. The van der Waals surface area contributed by atoms with E-state index in [2.05, 4.69) is 17.4 Å². The number of nitrogens with one attached hydrogen (secondary N) is 1. The van der Waals surface area contributed by atoms with E-state index in [9.17, 15) is 0 Å². The van der Waals surface area contributed by atoms with E-state index in [-0.39, 0.29) is 18.6 Å². The van der Waals surface area contributed by atoms with Gasteiger partial charge in [-0.15, -0.1) is 12.4 Å². The van der Waals surface area contributed by atoms with Crippen molar-refractivity contribution < 1.29 is 18.9 Å². The molecule has 1 N–H and O–H groups in total. The molecule has 5 nitrogen and oxygen atoms in total. The second-order valence-corrected chi connectivity index (χ2v) is 6.16. The second kappa shape index (κ2) is 9.01. The Bertz CT molecular complexity index is 705. The Balaban J connectivity index is 0.00000243. The highest BCUT2D eigenvalue weighted by Crippen LogP contribution is 2.35. The summed E-state index contributed by atoms with van der Waals surface area (Å²) in [5, 5.41) is 3.54. The van der Waals surface area contributed by atoms with Crippen LogP contribution < -0.4 is 24.3 Å². The number of fused-ring (bicyclic) bond motifs is 1. The van der Waals surface area contributed by atoms with Gasteiger partial charge in [-0.3, -0.25) is 5.32 Å². The van der Waals surface area contributed by atoms with E-state index >= 15 is 0 Å². The summed E-state index contributed by atoms with van der Waals surface area (Å²) < 4.78 is 22.1. The van der Waals surface area contributed by atoms with Crippen molar-refractivity contribution in [2.45, 2.75) is 32.0 Å². The van der Waals surface area contributed by atoms with Crippen molar-refractivity contribution in [1.29, 1.82) is 0 Å². The number of hydrogen-bond acceptors (Lipinski definition) is 5. The average molecular weight is 380 g/mol. The largest absolute Gasteiger partial charge is 0.493 e. The Hall–Kier alpha value is -2.11. The Morgan fingerprint density at radius 3 is 1.85 bits per heavy atom. The van der Waals surface area contributed by atoms with Gasteiger partial charge >= 0.3 is 0 Å². The first-order valence-corrected chi connectivity index (χ1v) is 8.44. The van der Waals surface area contributed by atoms with E-state index in [1.165, 1.54) is 11.1 Å². The highest BCUT2D eigenvalue weighted by Gasteiger charge is 2.25. The van der Waals surface area contributed by atoms with Crippen molar-refractivity contribution in [1.82, 2.24) is 5.32 Å². The Morgan fingerprint density at radius 2 is 1.35 bits per heavy atom. The summed E-state index contributed by atoms with van der Waals surface area (Å²) in [6.07, 6.45) is 1.75. The zero-order valence-corrected chi connectivity index (χ0v) is 16.4. The van der Waals surface area contributed by atoms with E-state index in [1.54, 1.807) is 21.3 Å². The van der Waals surface area contributed by atoms with E-state index in [4.69, 9.17) is 18.9 Å². The van der Waals surface area contributed by atoms with Gasteiger partial charge < -0.3 is 18.9 Å². The van der Waals surface area contributed by atoms with Crippen molar-refractivity contribution in [3.8, 4) is 23.0 Å². The molecule has 0 saturated heterocycles. The molecule has 1 unspecified atom stereocenters. The van der Waals surface area contributed by atoms with Gasteiger partial charge in [0.2, 0.25) is 0 Å². The first kappa shape index (κ1) is 20.2. The summed E-state index contributed by atoms with van der Waals surface area (Å²) in [7, 11) is 4.98. The van der Waals surface area contributed by atoms with Crippen molar-refractivity contribution in [3.63, 3.8) is 0 Å². The number of methoxy groups -OCH3 is 3. The minimum Gasteiger partial charge on any atom is -0.493 e. The van der Waals surface area contributed by atoms with Crippen molar-refractivity contribution in [2.24, 2.45) is 0 Å². The van der Waals surface area contributed by atoms with Crippen molar-refractivity contribution >= 4 is 12.4 Å². The number of rotatable bonds is 7. The average Bonchev–Trinajstić information content (AvgIpc) is 3.01. The summed E-state index contributed by atoms with van der Waals surface area (Å²) >= 11 is 0. The highest BCUT2D eigenvalue weighted by molar-refractivity contribution is 5.85. The summed E-state index contributed by atoms with van der Waals surface area (Å²) in [6.45, 7) is 2.01. The van der Waals surface area contributed by atoms with Gasteiger partial charge in [-0.1, -0.05) is 12.1 Å². The van der Waals surface area contributed by atoms with E-state index in [0.717, 1.165) is 35.8 Å². The molecule has 0 fully saturated rings. The molecule has 0 spiro atoms. The fraction of sp³-hybridized carbons (Fsp3) is 0.400. The highest BCUT2D eigenvalue weighted by atomic mass is 35.5. The first-order valence-electron chi connectivity index (χ1n) is 8.44. The Morgan fingerprint density at radius 1 is 0.846 bits per heavy atom. The van der Waals surface area contributed by atoms with Crippen LogP contribution in [0.2, 0.25) is 0 Å². The normalized spacial score (nSPS) is 14.2. The van der Waals surface area contributed by atoms with Crippen LogP contribution in [0.5, 0.6) is 23.0 Å². The topological polar surface area (TPSA) is 49.0 Å². The van der Waals surface area contributed by atoms with Crippen LogP contribution in [0.15, 0.2) is 36.4 Å². The predicted octanol–water partition coefficient (Wildman–Crippen LogP) is 3.62. The summed E-state index contributed by atoms with van der Waals surface area (Å²) in [5.74, 6) is 3.03. The molecule has 2 aromatic carbocycles. The van der Waals surface area contributed by atoms with Gasteiger partial charge in [0.05, 0.1) is 21.3 Å². The van der Waals surface area contributed by atoms with Crippen LogP contribution in [0.25, 0.3) is 0 Å². The van der Waals surface area contributed by atoms with E-state index in [1.807, 2.05) is 31.2 Å². The van der Waals surface area contributed by atoms with Crippen molar-refractivity contribution in [2.75, 3.05) is 21.3 Å². The third-order valence-corrected chi connectivity index (χ3v) is 4.48. The lowest BCUT2D eigenvalue weighted by Crippen LogP contribution is -2.40. The molecule has 2 aromatic rings. The van der Waals surface area contributed by atoms with E-state index in [0.29, 0.717) is 6.04 Å². The molecule has 6 heteroatoms. The molecule has 142 valence electrons. The standard InChI is InChI=1S/C20H25NO4.ClH/c1-13(25-18-8-6-5-7-17(18)22-2)21-16-9-14-11-19(23-3)20(24-4)12-15(14)10-16;/h5-8,11-13,16,21H,9-10H2,1-4H3;1H. The maximum atomic E-state index is 6.00. The molecule has 0 saturated carbocycles. The number of benzene rings is 2. The van der Waals surface area contributed by atoms with Crippen LogP contribution in [0.4, 0.5) is 0 Å². The molecule has 1 aliphatic carbocycles. The molecular weight excluding hydrogens is 354 g/mol. The molecule has 1 aliphatic rings. The number of hydrogen-bond donors (Lipinski definition) is 1. The molecule has 0 heterocycles. The Kier molecular flexibility index (Phi) is 7.00. The zero-order valence-electron chi connectivity index (χ0n) is 15.6. The maximum absolute atomic E-state index is 6.00. The molecule has 0 radical (unpaired) electrons. The van der Waals surface area contributed by atoms with Gasteiger partial charge in [-0.2, -0.15) is 0 Å². The molecular formula is C20H26ClNO4.